The lowest BCUT2D eigenvalue weighted by atomic mass is 9.94. The van der Waals surface area contributed by atoms with E-state index >= 15 is 0 Å². The van der Waals surface area contributed by atoms with Gasteiger partial charge in [-0.3, -0.25) is 4.98 Å². The summed E-state index contributed by atoms with van der Waals surface area (Å²) in [7, 11) is 4.26. The van der Waals surface area contributed by atoms with E-state index in [-0.39, 0.29) is 12.1 Å². The summed E-state index contributed by atoms with van der Waals surface area (Å²) >= 11 is 5.85. The van der Waals surface area contributed by atoms with Crippen LogP contribution >= 0.6 is 12.2 Å². The van der Waals surface area contributed by atoms with E-state index in [1.54, 1.807) is 0 Å². The van der Waals surface area contributed by atoms with Crippen molar-refractivity contribution in [2.24, 2.45) is 0 Å². The molecule has 4 rings (SSSR count). The van der Waals surface area contributed by atoms with E-state index in [1.807, 2.05) is 12.3 Å². The SMILES string of the molecule is Cc1cc([C@@H]2[C@H](c3ccccn3)NC(=S)N2CCCN(C)C)c(C)n1C1CCCCC1. The number of aryl methyl sites for hydroxylation is 1. The van der Waals surface area contributed by atoms with Gasteiger partial charge < -0.3 is 19.7 Å². The summed E-state index contributed by atoms with van der Waals surface area (Å²) in [5.74, 6) is 0. The zero-order valence-corrected chi connectivity index (χ0v) is 20.3. The summed E-state index contributed by atoms with van der Waals surface area (Å²) in [6.07, 6.45) is 9.64. The predicted octanol–water partition coefficient (Wildman–Crippen LogP) is 4.93. The van der Waals surface area contributed by atoms with Crippen molar-refractivity contribution in [3.05, 3.63) is 53.1 Å². The maximum Gasteiger partial charge on any atom is 0.170 e. The van der Waals surface area contributed by atoms with Crippen LogP contribution in [0.2, 0.25) is 0 Å². The number of nitrogens with zero attached hydrogens (tertiary/aromatic N) is 4. The van der Waals surface area contributed by atoms with Crippen molar-refractivity contribution >= 4 is 17.3 Å². The van der Waals surface area contributed by atoms with E-state index in [0.717, 1.165) is 30.3 Å². The fourth-order valence-corrected chi connectivity index (χ4v) is 5.88. The van der Waals surface area contributed by atoms with Crippen molar-refractivity contribution in [3.8, 4) is 0 Å². The Labute approximate surface area is 192 Å². The lowest BCUT2D eigenvalue weighted by Gasteiger charge is -2.30. The first-order valence-electron chi connectivity index (χ1n) is 11.8. The summed E-state index contributed by atoms with van der Waals surface area (Å²) in [5.41, 5.74) is 5.24. The Morgan fingerprint density at radius 2 is 1.94 bits per heavy atom. The highest BCUT2D eigenvalue weighted by Gasteiger charge is 2.41. The van der Waals surface area contributed by atoms with Crippen molar-refractivity contribution in [1.29, 1.82) is 0 Å². The highest BCUT2D eigenvalue weighted by atomic mass is 32.1. The predicted molar refractivity (Wildman–Crippen MR) is 131 cm³/mol. The van der Waals surface area contributed by atoms with Gasteiger partial charge in [0.2, 0.25) is 0 Å². The molecule has 3 heterocycles. The zero-order chi connectivity index (χ0) is 22.0. The Hall–Kier alpha value is -1.92. The maximum atomic E-state index is 5.85. The van der Waals surface area contributed by atoms with E-state index in [4.69, 9.17) is 17.2 Å². The van der Waals surface area contributed by atoms with Crippen LogP contribution in [-0.2, 0) is 0 Å². The van der Waals surface area contributed by atoms with Gasteiger partial charge in [-0.1, -0.05) is 25.3 Å². The fraction of sp³-hybridized carbons (Fsp3) is 0.600. The molecule has 1 saturated heterocycles. The van der Waals surface area contributed by atoms with Crippen LogP contribution in [0.4, 0.5) is 0 Å². The highest BCUT2D eigenvalue weighted by Crippen LogP contribution is 2.42. The smallest absolute Gasteiger partial charge is 0.170 e. The van der Waals surface area contributed by atoms with E-state index < -0.39 is 0 Å². The van der Waals surface area contributed by atoms with Crippen LogP contribution in [0.1, 0.15) is 79.3 Å². The second-order valence-electron chi connectivity index (χ2n) is 9.47. The molecule has 0 bridgehead atoms. The normalized spacial score (nSPS) is 22.4. The Morgan fingerprint density at radius 3 is 2.61 bits per heavy atom. The molecule has 0 radical (unpaired) electrons. The van der Waals surface area contributed by atoms with E-state index in [0.29, 0.717) is 6.04 Å². The largest absolute Gasteiger partial charge is 0.352 e. The second-order valence-corrected chi connectivity index (χ2v) is 9.85. The quantitative estimate of drug-likeness (QED) is 0.619. The minimum Gasteiger partial charge on any atom is -0.352 e. The molecule has 168 valence electrons. The van der Waals surface area contributed by atoms with Gasteiger partial charge in [0, 0.05) is 30.2 Å². The van der Waals surface area contributed by atoms with Crippen LogP contribution in [0.15, 0.2) is 30.5 Å². The molecule has 6 heteroatoms. The topological polar surface area (TPSA) is 36.3 Å². The number of rotatable bonds is 7. The number of aromatic nitrogens is 2. The summed E-state index contributed by atoms with van der Waals surface area (Å²) in [6, 6.07) is 9.48. The average Bonchev–Trinajstić information content (AvgIpc) is 3.24. The molecule has 2 aromatic heterocycles. The Bertz CT molecular complexity index is 885. The third-order valence-electron chi connectivity index (χ3n) is 6.98. The molecule has 31 heavy (non-hydrogen) atoms. The van der Waals surface area contributed by atoms with Gasteiger partial charge in [-0.05, 0) is 89.7 Å². The third-order valence-corrected chi connectivity index (χ3v) is 7.34. The number of nitrogens with one attached hydrogen (secondary N) is 1. The number of thiocarbonyl (C=S) groups is 1. The van der Waals surface area contributed by atoms with Crippen LogP contribution in [0.3, 0.4) is 0 Å². The van der Waals surface area contributed by atoms with Crippen molar-refractivity contribution in [2.75, 3.05) is 27.2 Å². The Kier molecular flexibility index (Phi) is 6.97. The van der Waals surface area contributed by atoms with Gasteiger partial charge in [-0.25, -0.2) is 0 Å². The molecule has 0 spiro atoms. The lowest BCUT2D eigenvalue weighted by Crippen LogP contribution is -2.32. The summed E-state index contributed by atoms with van der Waals surface area (Å²) in [4.78, 5) is 9.35. The first-order valence-corrected chi connectivity index (χ1v) is 12.2. The molecule has 1 aliphatic heterocycles. The molecule has 0 aromatic carbocycles. The lowest BCUT2D eigenvalue weighted by molar-refractivity contribution is 0.290. The average molecular weight is 440 g/mol. The van der Waals surface area contributed by atoms with Gasteiger partial charge in [0.25, 0.3) is 0 Å². The number of hydrogen-bond donors (Lipinski definition) is 1. The van der Waals surface area contributed by atoms with Crippen LogP contribution in [-0.4, -0.2) is 51.6 Å². The van der Waals surface area contributed by atoms with Crippen LogP contribution in [0.25, 0.3) is 0 Å². The minimum absolute atomic E-state index is 0.0772. The van der Waals surface area contributed by atoms with Crippen molar-refractivity contribution in [1.82, 2.24) is 24.7 Å². The van der Waals surface area contributed by atoms with Crippen LogP contribution in [0, 0.1) is 13.8 Å². The van der Waals surface area contributed by atoms with E-state index in [9.17, 15) is 0 Å². The molecular weight excluding hydrogens is 402 g/mol. The molecular formula is C25H37N5S. The molecule has 2 fully saturated rings. The third kappa shape index (κ3) is 4.65. The van der Waals surface area contributed by atoms with Gasteiger partial charge in [0.15, 0.2) is 5.11 Å². The molecule has 1 N–H and O–H groups in total. The fourth-order valence-electron chi connectivity index (χ4n) is 5.55. The van der Waals surface area contributed by atoms with Gasteiger partial charge in [-0.2, -0.15) is 0 Å². The van der Waals surface area contributed by atoms with Gasteiger partial charge in [-0.15, -0.1) is 0 Å². The molecule has 2 aromatic rings. The highest BCUT2D eigenvalue weighted by molar-refractivity contribution is 7.80. The van der Waals surface area contributed by atoms with Gasteiger partial charge in [0.1, 0.15) is 0 Å². The summed E-state index contributed by atoms with van der Waals surface area (Å²) in [6.45, 7) is 6.59. The number of hydrogen-bond acceptors (Lipinski definition) is 3. The van der Waals surface area contributed by atoms with Gasteiger partial charge in [0.05, 0.1) is 17.8 Å². The van der Waals surface area contributed by atoms with Gasteiger partial charge >= 0.3 is 0 Å². The second kappa shape index (κ2) is 9.70. The monoisotopic (exact) mass is 439 g/mol. The van der Waals surface area contributed by atoms with Crippen molar-refractivity contribution < 1.29 is 0 Å². The molecule has 5 nitrogen and oxygen atoms in total. The molecule has 0 unspecified atom stereocenters. The summed E-state index contributed by atoms with van der Waals surface area (Å²) < 4.78 is 2.61. The minimum atomic E-state index is 0.0772. The Balaban J connectivity index is 1.70. The van der Waals surface area contributed by atoms with Crippen molar-refractivity contribution in [3.63, 3.8) is 0 Å². The first-order chi connectivity index (χ1) is 15.0. The van der Waals surface area contributed by atoms with Crippen LogP contribution < -0.4 is 5.32 Å². The summed E-state index contributed by atoms with van der Waals surface area (Å²) in [5, 5.41) is 4.46. The molecule has 2 atom stereocenters. The zero-order valence-electron chi connectivity index (χ0n) is 19.5. The standard InChI is InChI=1S/C25H37N5S/c1-18-17-21(19(2)30(18)20-11-6-5-7-12-20)24-23(22-13-8-9-14-26-22)27-25(31)29(24)16-10-15-28(3)4/h8-9,13-14,17,20,23-24H,5-7,10-12,15-16H2,1-4H3,(H,27,31)/t23-,24+/m0/s1. The number of pyridine rings is 1. The van der Waals surface area contributed by atoms with Crippen LogP contribution in [0.5, 0.6) is 0 Å². The van der Waals surface area contributed by atoms with E-state index in [2.05, 4.69) is 65.8 Å². The molecule has 1 saturated carbocycles. The molecule has 0 amide bonds. The Morgan fingerprint density at radius 1 is 1.16 bits per heavy atom. The molecule has 2 aliphatic rings. The van der Waals surface area contributed by atoms with Crippen molar-refractivity contribution in [2.45, 2.75) is 70.5 Å². The van der Waals surface area contributed by atoms with E-state index in [1.165, 1.54) is 49.1 Å². The first kappa shape index (κ1) is 22.3. The molecule has 1 aliphatic carbocycles. The maximum absolute atomic E-state index is 5.85.